The third kappa shape index (κ3) is 5.55. The average molecular weight is 393 g/mol. The van der Waals surface area contributed by atoms with Gasteiger partial charge in [-0.25, -0.2) is 4.39 Å². The van der Waals surface area contributed by atoms with Crippen LogP contribution in [0.15, 0.2) is 60.2 Å². The fraction of sp³-hybridized carbons (Fsp3) is 0.462. The molecule has 2 aliphatic rings. The van der Waals surface area contributed by atoms with E-state index in [0.717, 1.165) is 31.5 Å². The molecule has 0 amide bonds. The molecule has 0 saturated carbocycles. The van der Waals surface area contributed by atoms with Crippen LogP contribution in [-0.4, -0.2) is 49.1 Å². The minimum atomic E-state index is -0.160. The summed E-state index contributed by atoms with van der Waals surface area (Å²) in [5.41, 5.74) is 4.91. The van der Waals surface area contributed by atoms with Crippen molar-refractivity contribution in [1.29, 1.82) is 0 Å². The van der Waals surface area contributed by atoms with Gasteiger partial charge in [0.15, 0.2) is 0 Å². The fourth-order valence-corrected chi connectivity index (χ4v) is 4.82. The summed E-state index contributed by atoms with van der Waals surface area (Å²) in [6.07, 6.45) is 7.58. The maximum atomic E-state index is 13.9. The quantitative estimate of drug-likeness (QED) is 0.631. The minimum absolute atomic E-state index is 0.160. The van der Waals surface area contributed by atoms with Crippen LogP contribution in [0.3, 0.4) is 0 Å². The summed E-state index contributed by atoms with van der Waals surface area (Å²) in [6, 6.07) is 17.6. The van der Waals surface area contributed by atoms with Gasteiger partial charge in [0.25, 0.3) is 0 Å². The van der Waals surface area contributed by atoms with E-state index in [0.29, 0.717) is 0 Å². The molecule has 2 aromatic rings. The number of hydrogen-bond acceptors (Lipinski definition) is 2. The highest BCUT2D eigenvalue weighted by Crippen LogP contribution is 2.32. The van der Waals surface area contributed by atoms with Crippen LogP contribution in [0.1, 0.15) is 49.7 Å². The van der Waals surface area contributed by atoms with E-state index in [4.69, 9.17) is 0 Å². The number of benzene rings is 2. The van der Waals surface area contributed by atoms with E-state index in [-0.39, 0.29) is 5.82 Å². The average Bonchev–Trinajstić information content (AvgIpc) is 2.77. The number of likely N-dealkylation sites (tertiary alicyclic amines) is 2. The van der Waals surface area contributed by atoms with Crippen molar-refractivity contribution in [3.63, 3.8) is 0 Å². The van der Waals surface area contributed by atoms with Crippen molar-refractivity contribution in [2.45, 2.75) is 38.5 Å². The van der Waals surface area contributed by atoms with Gasteiger partial charge in [-0.2, -0.15) is 0 Å². The second-order valence-electron chi connectivity index (χ2n) is 8.45. The molecule has 2 fully saturated rings. The van der Waals surface area contributed by atoms with Crippen LogP contribution in [0.4, 0.5) is 4.39 Å². The summed E-state index contributed by atoms with van der Waals surface area (Å²) in [7, 11) is 0. The molecule has 0 aromatic heterocycles. The Hall–Kier alpha value is -1.97. The van der Waals surface area contributed by atoms with Gasteiger partial charge >= 0.3 is 0 Å². The molecule has 0 aliphatic carbocycles. The first kappa shape index (κ1) is 20.3. The molecule has 3 heteroatoms. The Morgan fingerprint density at radius 1 is 0.724 bits per heavy atom. The molecule has 0 unspecified atom stereocenters. The predicted molar refractivity (Wildman–Crippen MR) is 119 cm³/mol. The molecule has 0 atom stereocenters. The molecule has 29 heavy (non-hydrogen) atoms. The Morgan fingerprint density at radius 2 is 1.38 bits per heavy atom. The standard InChI is InChI=1S/C26H33FN2/c27-25-12-7-11-24(21-25)26(22-9-3-1-4-10-22)23-13-19-29(20-14-23)18-8-17-28-15-5-2-6-16-28/h1,3-4,7,9-12,21H,2,5-6,8,13-20H2. The third-order valence-electron chi connectivity index (χ3n) is 6.39. The van der Waals surface area contributed by atoms with Gasteiger partial charge in [-0.1, -0.05) is 54.5 Å². The first-order chi connectivity index (χ1) is 14.3. The van der Waals surface area contributed by atoms with Gasteiger partial charge < -0.3 is 9.80 Å². The largest absolute Gasteiger partial charge is 0.303 e. The highest BCUT2D eigenvalue weighted by atomic mass is 19.1. The molecule has 0 radical (unpaired) electrons. The molecule has 154 valence electrons. The highest BCUT2D eigenvalue weighted by Gasteiger charge is 2.19. The minimum Gasteiger partial charge on any atom is -0.303 e. The van der Waals surface area contributed by atoms with Crippen LogP contribution in [0.5, 0.6) is 0 Å². The van der Waals surface area contributed by atoms with Crippen molar-refractivity contribution in [2.75, 3.05) is 39.3 Å². The third-order valence-corrected chi connectivity index (χ3v) is 6.39. The van der Waals surface area contributed by atoms with E-state index in [2.05, 4.69) is 34.1 Å². The number of hydrogen-bond donors (Lipinski definition) is 0. The molecular formula is C26H33FN2. The zero-order valence-corrected chi connectivity index (χ0v) is 17.5. The maximum Gasteiger partial charge on any atom is 0.123 e. The lowest BCUT2D eigenvalue weighted by atomic mass is 9.88. The van der Waals surface area contributed by atoms with Crippen LogP contribution in [-0.2, 0) is 0 Å². The molecule has 0 spiro atoms. The Balaban J connectivity index is 1.41. The van der Waals surface area contributed by atoms with Gasteiger partial charge in [-0.15, -0.1) is 0 Å². The monoisotopic (exact) mass is 392 g/mol. The van der Waals surface area contributed by atoms with Crippen LogP contribution in [0.2, 0.25) is 0 Å². The number of piperidine rings is 2. The Morgan fingerprint density at radius 3 is 2.07 bits per heavy atom. The van der Waals surface area contributed by atoms with Crippen LogP contribution >= 0.6 is 0 Å². The van der Waals surface area contributed by atoms with E-state index in [9.17, 15) is 4.39 Å². The fourth-order valence-electron chi connectivity index (χ4n) is 4.82. The Labute approximate surface area is 175 Å². The summed E-state index contributed by atoms with van der Waals surface area (Å²) < 4.78 is 13.9. The van der Waals surface area contributed by atoms with Gasteiger partial charge in [0, 0.05) is 13.1 Å². The van der Waals surface area contributed by atoms with Crippen LogP contribution in [0.25, 0.3) is 5.57 Å². The van der Waals surface area contributed by atoms with Crippen LogP contribution < -0.4 is 0 Å². The second-order valence-corrected chi connectivity index (χ2v) is 8.45. The van der Waals surface area contributed by atoms with E-state index < -0.39 is 0 Å². The molecule has 2 heterocycles. The van der Waals surface area contributed by atoms with Crippen molar-refractivity contribution in [3.05, 3.63) is 77.1 Å². The van der Waals surface area contributed by atoms with Crippen molar-refractivity contribution in [2.24, 2.45) is 0 Å². The van der Waals surface area contributed by atoms with Gasteiger partial charge in [-0.05, 0) is 87.1 Å². The summed E-state index contributed by atoms with van der Waals surface area (Å²) in [6.45, 7) is 7.26. The van der Waals surface area contributed by atoms with Crippen molar-refractivity contribution < 1.29 is 4.39 Å². The number of nitrogens with zero attached hydrogens (tertiary/aromatic N) is 2. The van der Waals surface area contributed by atoms with Crippen molar-refractivity contribution in [1.82, 2.24) is 9.80 Å². The van der Waals surface area contributed by atoms with E-state index in [1.807, 2.05) is 18.2 Å². The summed E-state index contributed by atoms with van der Waals surface area (Å²) in [5, 5.41) is 0. The van der Waals surface area contributed by atoms with Gasteiger partial charge in [0.1, 0.15) is 5.82 Å². The van der Waals surface area contributed by atoms with E-state index >= 15 is 0 Å². The SMILES string of the molecule is Fc1cccc(C(=C2CCN(CCCN3CCCCC3)CC2)c2ccccc2)c1. The van der Waals surface area contributed by atoms with Gasteiger partial charge in [0.2, 0.25) is 0 Å². The second kappa shape index (κ2) is 10.2. The summed E-state index contributed by atoms with van der Waals surface area (Å²) >= 11 is 0. The first-order valence-corrected chi connectivity index (χ1v) is 11.3. The summed E-state index contributed by atoms with van der Waals surface area (Å²) in [4.78, 5) is 5.25. The topological polar surface area (TPSA) is 6.48 Å². The lowest BCUT2D eigenvalue weighted by Crippen LogP contribution is -2.35. The van der Waals surface area contributed by atoms with Crippen LogP contribution in [0, 0.1) is 5.82 Å². The van der Waals surface area contributed by atoms with Crippen molar-refractivity contribution in [3.8, 4) is 0 Å². The Bertz CT molecular complexity index is 798. The predicted octanol–water partition coefficient (Wildman–Crippen LogP) is 5.60. The highest BCUT2D eigenvalue weighted by molar-refractivity contribution is 5.82. The molecule has 2 aromatic carbocycles. The molecular weight excluding hydrogens is 359 g/mol. The molecule has 2 aliphatic heterocycles. The van der Waals surface area contributed by atoms with Gasteiger partial charge in [0.05, 0.1) is 0 Å². The zero-order valence-electron chi connectivity index (χ0n) is 17.5. The number of halogens is 1. The normalized spacial score (nSPS) is 18.7. The molecule has 2 nitrogen and oxygen atoms in total. The first-order valence-electron chi connectivity index (χ1n) is 11.3. The van der Waals surface area contributed by atoms with Gasteiger partial charge in [-0.3, -0.25) is 0 Å². The smallest absolute Gasteiger partial charge is 0.123 e. The van der Waals surface area contributed by atoms with E-state index in [1.165, 1.54) is 74.6 Å². The molecule has 4 rings (SSSR count). The van der Waals surface area contributed by atoms with Crippen molar-refractivity contribution >= 4 is 5.57 Å². The van der Waals surface area contributed by atoms with E-state index in [1.54, 1.807) is 6.07 Å². The Kier molecular flexibility index (Phi) is 7.13. The molecule has 0 N–H and O–H groups in total. The molecule has 2 saturated heterocycles. The number of rotatable bonds is 6. The molecule has 0 bridgehead atoms. The maximum absolute atomic E-state index is 13.9. The summed E-state index contributed by atoms with van der Waals surface area (Å²) in [5.74, 6) is -0.160. The lowest BCUT2D eigenvalue weighted by Gasteiger charge is -2.32. The zero-order chi connectivity index (χ0) is 19.9. The lowest BCUT2D eigenvalue weighted by molar-refractivity contribution is 0.197.